The maximum absolute atomic E-state index is 13.6. The van der Waals surface area contributed by atoms with Gasteiger partial charge in [0.1, 0.15) is 23.9 Å². The first kappa shape index (κ1) is 18.8. The lowest BCUT2D eigenvalue weighted by Gasteiger charge is -2.34. The van der Waals surface area contributed by atoms with Crippen LogP contribution in [0.1, 0.15) is 51.0 Å². The average molecular weight is 394 g/mol. The smallest absolute Gasteiger partial charge is 0.338 e. The summed E-state index contributed by atoms with van der Waals surface area (Å²) in [6.45, 7) is 1.91. The number of hydrogen-bond donors (Lipinski definition) is 1. The van der Waals surface area contributed by atoms with E-state index in [0.29, 0.717) is 11.5 Å². The lowest BCUT2D eigenvalue weighted by atomic mass is 9.80. The molecule has 0 spiro atoms. The number of fused-ring (bicyclic) bond motifs is 1. The molecule has 29 heavy (non-hydrogen) atoms. The summed E-state index contributed by atoms with van der Waals surface area (Å²) in [5.41, 5.74) is 1.71. The van der Waals surface area contributed by atoms with Gasteiger partial charge in [-0.05, 0) is 36.8 Å². The van der Waals surface area contributed by atoms with E-state index in [1.54, 1.807) is 44.3 Å². The van der Waals surface area contributed by atoms with Gasteiger partial charge in [-0.2, -0.15) is 5.10 Å². The minimum absolute atomic E-state index is 0.201. The van der Waals surface area contributed by atoms with E-state index in [9.17, 15) is 14.0 Å². The van der Waals surface area contributed by atoms with Crippen molar-refractivity contribution in [1.29, 1.82) is 0 Å². The van der Waals surface area contributed by atoms with Gasteiger partial charge in [0.2, 0.25) is 0 Å². The molecular weight excluding hydrogens is 375 g/mol. The van der Waals surface area contributed by atoms with Crippen LogP contribution in [-0.4, -0.2) is 33.1 Å². The normalized spacial score (nSPS) is 18.1. The topological polar surface area (TPSA) is 86.1 Å². The van der Waals surface area contributed by atoms with Crippen molar-refractivity contribution >= 4 is 17.4 Å². The van der Waals surface area contributed by atoms with Crippen LogP contribution < -0.4 is 5.32 Å². The van der Waals surface area contributed by atoms with Crippen LogP contribution in [0.3, 0.4) is 0 Å². The number of benzene rings is 2. The van der Waals surface area contributed by atoms with E-state index in [0.717, 1.165) is 5.56 Å². The van der Waals surface area contributed by atoms with E-state index in [2.05, 4.69) is 15.4 Å². The second-order valence-electron chi connectivity index (χ2n) is 6.71. The molecule has 1 aromatic heterocycles. The third kappa shape index (κ3) is 3.26. The summed E-state index contributed by atoms with van der Waals surface area (Å²) in [6, 6.07) is 10.4. The Kier molecular flexibility index (Phi) is 4.84. The number of aryl methyl sites for hydroxylation is 1. The second-order valence-corrected chi connectivity index (χ2v) is 6.71. The molecule has 1 N–H and O–H groups in total. The van der Waals surface area contributed by atoms with Crippen molar-refractivity contribution < 1.29 is 18.7 Å². The molecule has 0 amide bonds. The summed E-state index contributed by atoms with van der Waals surface area (Å²) in [5.74, 6) is -1.50. The van der Waals surface area contributed by atoms with Gasteiger partial charge in [0, 0.05) is 12.7 Å². The predicted molar refractivity (Wildman–Crippen MR) is 103 cm³/mol. The summed E-state index contributed by atoms with van der Waals surface area (Å²) in [6.07, 6.45) is 1.37. The van der Waals surface area contributed by atoms with E-state index in [1.165, 1.54) is 23.1 Å². The Bertz CT molecular complexity index is 1080. The number of carbonyl (C=O) groups excluding carboxylic acids is 2. The van der Waals surface area contributed by atoms with E-state index in [1.807, 2.05) is 0 Å². The highest BCUT2D eigenvalue weighted by Crippen LogP contribution is 2.42. The van der Waals surface area contributed by atoms with Crippen molar-refractivity contribution in [3.05, 3.63) is 77.1 Å². The molecule has 2 heterocycles. The van der Waals surface area contributed by atoms with E-state index in [4.69, 9.17) is 4.74 Å². The number of nitrogens with one attached hydrogen (secondary N) is 1. The van der Waals surface area contributed by atoms with Crippen LogP contribution in [0.15, 0.2) is 48.8 Å². The summed E-state index contributed by atoms with van der Waals surface area (Å²) in [4.78, 5) is 30.3. The standard InChI is InChI=1S/C21H19FN4O3/c1-3-29-21(28)14-5-4-6-15-16(14)19(27)17(20-23-11-24-26(20)2)18(25-15)12-7-9-13(22)10-8-12/h4-11,17-18,25H,3H2,1-2H3. The molecule has 1 aliphatic rings. The maximum Gasteiger partial charge on any atom is 0.338 e. The van der Waals surface area contributed by atoms with Gasteiger partial charge in [-0.15, -0.1) is 0 Å². The second kappa shape index (κ2) is 7.46. The zero-order valence-corrected chi connectivity index (χ0v) is 15.9. The van der Waals surface area contributed by atoms with Crippen LogP contribution in [0.2, 0.25) is 0 Å². The lowest BCUT2D eigenvalue weighted by molar-refractivity contribution is 0.0522. The van der Waals surface area contributed by atoms with Crippen LogP contribution in [0.5, 0.6) is 0 Å². The van der Waals surface area contributed by atoms with E-state index in [-0.39, 0.29) is 29.3 Å². The van der Waals surface area contributed by atoms with Crippen LogP contribution >= 0.6 is 0 Å². The zero-order valence-electron chi connectivity index (χ0n) is 15.9. The Morgan fingerprint density at radius 2 is 2.00 bits per heavy atom. The van der Waals surface area contributed by atoms with Crippen molar-refractivity contribution in [2.24, 2.45) is 7.05 Å². The van der Waals surface area contributed by atoms with Gasteiger partial charge in [0.15, 0.2) is 5.78 Å². The summed E-state index contributed by atoms with van der Waals surface area (Å²) in [5, 5.41) is 7.42. The average Bonchev–Trinajstić information content (AvgIpc) is 3.13. The molecule has 0 fully saturated rings. The lowest BCUT2D eigenvalue weighted by Crippen LogP contribution is -2.35. The van der Waals surface area contributed by atoms with E-state index < -0.39 is 17.9 Å². The first-order valence-corrected chi connectivity index (χ1v) is 9.21. The third-order valence-corrected chi connectivity index (χ3v) is 4.99. The van der Waals surface area contributed by atoms with Gasteiger partial charge in [0.25, 0.3) is 0 Å². The number of anilines is 1. The number of ether oxygens (including phenoxy) is 1. The fraction of sp³-hybridized carbons (Fsp3) is 0.238. The van der Waals surface area contributed by atoms with Gasteiger partial charge < -0.3 is 10.1 Å². The molecule has 0 bridgehead atoms. The Labute approximate surface area is 166 Å². The summed E-state index contributed by atoms with van der Waals surface area (Å²) >= 11 is 0. The first-order valence-electron chi connectivity index (χ1n) is 9.21. The van der Waals surface area contributed by atoms with Crippen LogP contribution in [0.4, 0.5) is 10.1 Å². The van der Waals surface area contributed by atoms with Gasteiger partial charge in [0.05, 0.1) is 23.8 Å². The molecular formula is C21H19FN4O3. The molecule has 0 saturated heterocycles. The molecule has 0 radical (unpaired) electrons. The molecule has 7 nitrogen and oxygen atoms in total. The fourth-order valence-corrected chi connectivity index (χ4v) is 3.67. The number of hydrogen-bond acceptors (Lipinski definition) is 6. The highest BCUT2D eigenvalue weighted by atomic mass is 19.1. The predicted octanol–water partition coefficient (Wildman–Crippen LogP) is 3.26. The SMILES string of the molecule is CCOC(=O)c1cccc2c1C(=O)C(c1ncnn1C)C(c1ccc(F)cc1)N2. The minimum Gasteiger partial charge on any atom is -0.462 e. The number of nitrogens with zero attached hydrogens (tertiary/aromatic N) is 3. The highest BCUT2D eigenvalue weighted by Gasteiger charge is 2.42. The fourth-order valence-electron chi connectivity index (χ4n) is 3.67. The Morgan fingerprint density at radius 1 is 1.24 bits per heavy atom. The highest BCUT2D eigenvalue weighted by molar-refractivity contribution is 6.14. The number of esters is 1. The molecule has 3 aromatic rings. The molecule has 0 saturated carbocycles. The number of Topliss-reactive ketones (excluding diaryl/α,β-unsaturated/α-hetero) is 1. The third-order valence-electron chi connectivity index (χ3n) is 4.99. The molecule has 2 atom stereocenters. The van der Waals surface area contributed by atoms with E-state index >= 15 is 0 Å². The molecule has 8 heteroatoms. The minimum atomic E-state index is -0.754. The maximum atomic E-state index is 13.6. The monoisotopic (exact) mass is 394 g/mol. The van der Waals surface area contributed by atoms with Crippen molar-refractivity contribution in [3.8, 4) is 0 Å². The zero-order chi connectivity index (χ0) is 20.5. The van der Waals surface area contributed by atoms with Crippen LogP contribution in [0, 0.1) is 5.82 Å². The summed E-state index contributed by atoms with van der Waals surface area (Å²) in [7, 11) is 1.70. The molecule has 148 valence electrons. The van der Waals surface area contributed by atoms with Crippen molar-refractivity contribution in [2.75, 3.05) is 11.9 Å². The largest absolute Gasteiger partial charge is 0.462 e. The number of rotatable bonds is 4. The summed E-state index contributed by atoms with van der Waals surface area (Å²) < 4.78 is 20.1. The number of ketones is 1. The van der Waals surface area contributed by atoms with Crippen molar-refractivity contribution in [2.45, 2.75) is 18.9 Å². The molecule has 2 unspecified atom stereocenters. The number of carbonyl (C=O) groups is 2. The Balaban J connectivity index is 1.88. The molecule has 1 aliphatic heterocycles. The molecule has 4 rings (SSSR count). The number of halogens is 1. The molecule has 2 aromatic carbocycles. The van der Waals surface area contributed by atoms with Crippen molar-refractivity contribution in [3.63, 3.8) is 0 Å². The number of aromatic nitrogens is 3. The Morgan fingerprint density at radius 3 is 2.66 bits per heavy atom. The van der Waals surface area contributed by atoms with Gasteiger partial charge in [-0.1, -0.05) is 18.2 Å². The first-order chi connectivity index (χ1) is 14.0. The van der Waals surface area contributed by atoms with Crippen molar-refractivity contribution in [1.82, 2.24) is 14.8 Å². The van der Waals surface area contributed by atoms with Gasteiger partial charge >= 0.3 is 5.97 Å². The van der Waals surface area contributed by atoms with Gasteiger partial charge in [-0.3, -0.25) is 9.48 Å². The van der Waals surface area contributed by atoms with Crippen LogP contribution in [0.25, 0.3) is 0 Å². The van der Waals surface area contributed by atoms with Gasteiger partial charge in [-0.25, -0.2) is 14.2 Å². The molecule has 0 aliphatic carbocycles. The Hall–Kier alpha value is -3.55. The quantitative estimate of drug-likeness (QED) is 0.684. The van der Waals surface area contributed by atoms with Crippen LogP contribution in [-0.2, 0) is 11.8 Å².